The van der Waals surface area contributed by atoms with Gasteiger partial charge in [-0.15, -0.1) is 11.3 Å². The van der Waals surface area contributed by atoms with Crippen molar-refractivity contribution in [1.82, 2.24) is 4.90 Å². The lowest BCUT2D eigenvalue weighted by Gasteiger charge is -2.18. The van der Waals surface area contributed by atoms with Gasteiger partial charge in [-0.3, -0.25) is 9.59 Å². The Bertz CT molecular complexity index is 1090. The van der Waals surface area contributed by atoms with Crippen molar-refractivity contribution in [3.05, 3.63) is 70.5 Å². The Morgan fingerprint density at radius 1 is 1.09 bits per heavy atom. The number of nitrogens with zero attached hydrogens (tertiary/aromatic N) is 2. The van der Waals surface area contributed by atoms with E-state index in [2.05, 4.69) is 5.32 Å². The van der Waals surface area contributed by atoms with Crippen LogP contribution in [0.2, 0.25) is 0 Å². The summed E-state index contributed by atoms with van der Waals surface area (Å²) in [5.41, 5.74) is 2.70. The normalized spacial score (nSPS) is 10.5. The molecule has 8 nitrogen and oxygen atoms in total. The highest BCUT2D eigenvalue weighted by molar-refractivity contribution is 7.18. The third-order valence-electron chi connectivity index (χ3n) is 4.71. The number of furan rings is 1. The standard InChI is InChI=1S/C23H25N3O5S/c1-15-12-19(24-22(28)18-6-5-11-30-18)32-21(15)23(29)31-14-20(27)26(4)13-16-7-9-17(10-8-16)25(2)3/h5-12H,13-14H2,1-4H3,(H,24,28). The Morgan fingerprint density at radius 2 is 1.81 bits per heavy atom. The van der Waals surface area contributed by atoms with E-state index < -0.39 is 11.9 Å². The molecule has 0 unspecified atom stereocenters. The van der Waals surface area contributed by atoms with Crippen LogP contribution in [0.5, 0.6) is 0 Å². The summed E-state index contributed by atoms with van der Waals surface area (Å²) in [6.45, 7) is 1.78. The molecule has 3 rings (SSSR count). The fraction of sp³-hybridized carbons (Fsp3) is 0.261. The van der Waals surface area contributed by atoms with E-state index >= 15 is 0 Å². The van der Waals surface area contributed by atoms with Gasteiger partial charge in [-0.1, -0.05) is 12.1 Å². The second-order valence-electron chi connectivity index (χ2n) is 7.44. The average molecular weight is 456 g/mol. The van der Waals surface area contributed by atoms with Crippen LogP contribution >= 0.6 is 11.3 Å². The first-order valence-corrected chi connectivity index (χ1v) is 10.7. The molecule has 0 bridgehead atoms. The van der Waals surface area contributed by atoms with Gasteiger partial charge in [0.25, 0.3) is 11.8 Å². The van der Waals surface area contributed by atoms with Crippen molar-refractivity contribution in [1.29, 1.82) is 0 Å². The van der Waals surface area contributed by atoms with E-state index in [1.54, 1.807) is 32.2 Å². The van der Waals surface area contributed by atoms with Crippen LogP contribution in [0.15, 0.2) is 53.1 Å². The van der Waals surface area contributed by atoms with Crippen molar-refractivity contribution < 1.29 is 23.5 Å². The number of hydrogen-bond donors (Lipinski definition) is 1. The third kappa shape index (κ3) is 5.76. The molecule has 1 N–H and O–H groups in total. The topological polar surface area (TPSA) is 92.1 Å². The molecular weight excluding hydrogens is 430 g/mol. The van der Waals surface area contributed by atoms with Crippen LogP contribution in [0.3, 0.4) is 0 Å². The molecule has 0 saturated carbocycles. The number of nitrogens with one attached hydrogen (secondary N) is 1. The van der Waals surface area contributed by atoms with Crippen LogP contribution in [-0.2, 0) is 16.1 Å². The van der Waals surface area contributed by atoms with Crippen molar-refractivity contribution in [3.63, 3.8) is 0 Å². The lowest BCUT2D eigenvalue weighted by atomic mass is 10.2. The van der Waals surface area contributed by atoms with Gasteiger partial charge in [0.2, 0.25) is 0 Å². The van der Waals surface area contributed by atoms with Gasteiger partial charge in [-0.2, -0.15) is 0 Å². The van der Waals surface area contributed by atoms with Gasteiger partial charge in [0.05, 0.1) is 11.3 Å². The lowest BCUT2D eigenvalue weighted by molar-refractivity contribution is -0.133. The zero-order valence-electron chi connectivity index (χ0n) is 18.4. The number of esters is 1. The van der Waals surface area contributed by atoms with Crippen LogP contribution < -0.4 is 10.2 Å². The molecule has 0 aliphatic carbocycles. The van der Waals surface area contributed by atoms with Crippen LogP contribution in [-0.4, -0.2) is 50.4 Å². The first kappa shape index (κ1) is 23.1. The van der Waals surface area contributed by atoms with Gasteiger partial charge < -0.3 is 24.3 Å². The van der Waals surface area contributed by atoms with E-state index in [-0.39, 0.29) is 18.3 Å². The molecule has 0 spiro atoms. The van der Waals surface area contributed by atoms with Crippen LogP contribution in [0.4, 0.5) is 10.7 Å². The minimum Gasteiger partial charge on any atom is -0.459 e. The van der Waals surface area contributed by atoms with Crippen LogP contribution in [0.1, 0.15) is 31.4 Å². The van der Waals surface area contributed by atoms with E-state index in [1.807, 2.05) is 43.3 Å². The largest absolute Gasteiger partial charge is 0.459 e. The number of carbonyl (C=O) groups excluding carboxylic acids is 3. The van der Waals surface area contributed by atoms with Crippen molar-refractivity contribution in [2.24, 2.45) is 0 Å². The molecule has 9 heteroatoms. The maximum atomic E-state index is 12.5. The van der Waals surface area contributed by atoms with Crippen molar-refractivity contribution >= 4 is 39.8 Å². The Morgan fingerprint density at radius 3 is 2.44 bits per heavy atom. The van der Waals surface area contributed by atoms with Crippen LogP contribution in [0.25, 0.3) is 0 Å². The summed E-state index contributed by atoms with van der Waals surface area (Å²) < 4.78 is 10.3. The number of thiophene rings is 1. The SMILES string of the molecule is Cc1cc(NC(=O)c2ccco2)sc1C(=O)OCC(=O)N(C)Cc1ccc(N(C)C)cc1. The fourth-order valence-corrected chi connectivity index (χ4v) is 3.85. The first-order chi connectivity index (χ1) is 15.2. The highest BCUT2D eigenvalue weighted by Crippen LogP contribution is 2.28. The van der Waals surface area contributed by atoms with E-state index in [9.17, 15) is 14.4 Å². The summed E-state index contributed by atoms with van der Waals surface area (Å²) >= 11 is 1.08. The second kappa shape index (κ2) is 10.1. The van der Waals surface area contributed by atoms with Gasteiger partial charge in [0, 0.05) is 33.4 Å². The number of benzene rings is 1. The fourth-order valence-electron chi connectivity index (χ4n) is 2.89. The molecule has 2 amide bonds. The number of rotatable bonds is 8. The Labute approximate surface area is 190 Å². The first-order valence-electron chi connectivity index (χ1n) is 9.87. The zero-order valence-corrected chi connectivity index (χ0v) is 19.2. The minimum absolute atomic E-state index is 0.171. The summed E-state index contributed by atoms with van der Waals surface area (Å²) in [5, 5.41) is 3.17. The van der Waals surface area contributed by atoms with Gasteiger partial charge in [0.15, 0.2) is 12.4 Å². The molecule has 32 heavy (non-hydrogen) atoms. The third-order valence-corrected chi connectivity index (χ3v) is 5.84. The minimum atomic E-state index is -0.608. The average Bonchev–Trinajstić information content (AvgIpc) is 3.42. The van der Waals surface area contributed by atoms with Gasteiger partial charge >= 0.3 is 5.97 Å². The smallest absolute Gasteiger partial charge is 0.349 e. The van der Waals surface area contributed by atoms with Gasteiger partial charge in [0.1, 0.15) is 4.88 Å². The number of amides is 2. The summed E-state index contributed by atoms with van der Waals surface area (Å²) in [4.78, 5) is 40.8. The molecule has 168 valence electrons. The molecule has 0 radical (unpaired) electrons. The highest BCUT2D eigenvalue weighted by Gasteiger charge is 2.19. The second-order valence-corrected chi connectivity index (χ2v) is 8.49. The van der Waals surface area contributed by atoms with Gasteiger partial charge in [-0.05, 0) is 48.4 Å². The molecule has 1 aromatic carbocycles. The highest BCUT2D eigenvalue weighted by atomic mass is 32.1. The molecule has 0 saturated heterocycles. The molecule has 0 fully saturated rings. The molecule has 2 aromatic heterocycles. The van der Waals surface area contributed by atoms with Crippen molar-refractivity contribution in [3.8, 4) is 0 Å². The van der Waals surface area contributed by atoms with Crippen molar-refractivity contribution in [2.45, 2.75) is 13.5 Å². The zero-order chi connectivity index (χ0) is 23.3. The molecule has 2 heterocycles. The maximum Gasteiger partial charge on any atom is 0.349 e. The predicted octanol–water partition coefficient (Wildman–Crippen LogP) is 3.78. The molecule has 0 aliphatic heterocycles. The van der Waals surface area contributed by atoms with Crippen LogP contribution in [0, 0.1) is 6.92 Å². The molecule has 0 aliphatic rings. The van der Waals surface area contributed by atoms with E-state index in [0.29, 0.717) is 22.0 Å². The maximum absolute atomic E-state index is 12.5. The van der Waals surface area contributed by atoms with Crippen molar-refractivity contribution in [2.75, 3.05) is 38.0 Å². The molecule has 0 atom stereocenters. The number of likely N-dealkylation sites (N-methyl/N-ethyl adjacent to an activating group) is 1. The Balaban J connectivity index is 1.52. The number of anilines is 2. The van der Waals surface area contributed by atoms with Gasteiger partial charge in [-0.25, -0.2) is 4.79 Å². The summed E-state index contributed by atoms with van der Waals surface area (Å²) in [6.07, 6.45) is 1.41. The van der Waals surface area contributed by atoms with E-state index in [1.165, 1.54) is 11.2 Å². The Hall–Kier alpha value is -3.59. The molecule has 3 aromatic rings. The predicted molar refractivity (Wildman–Crippen MR) is 123 cm³/mol. The number of hydrogen-bond acceptors (Lipinski definition) is 7. The Kier molecular flexibility index (Phi) is 7.32. The van der Waals surface area contributed by atoms with E-state index in [4.69, 9.17) is 9.15 Å². The summed E-state index contributed by atoms with van der Waals surface area (Å²) in [5.74, 6) is -1.16. The quantitative estimate of drug-likeness (QED) is 0.520. The van der Waals surface area contributed by atoms with E-state index in [0.717, 1.165) is 22.6 Å². The summed E-state index contributed by atoms with van der Waals surface area (Å²) in [7, 11) is 5.59. The molecular formula is C23H25N3O5S. The lowest BCUT2D eigenvalue weighted by Crippen LogP contribution is -2.30. The monoisotopic (exact) mass is 455 g/mol. The number of carbonyl (C=O) groups is 3. The number of aryl methyl sites for hydroxylation is 1. The number of ether oxygens (including phenoxy) is 1. The summed E-state index contributed by atoms with van der Waals surface area (Å²) in [6, 6.07) is 12.7.